The van der Waals surface area contributed by atoms with Gasteiger partial charge in [-0.15, -0.1) is 5.10 Å². The van der Waals surface area contributed by atoms with Crippen molar-refractivity contribution < 1.29 is 9.13 Å². The maximum atomic E-state index is 14.9. The van der Waals surface area contributed by atoms with E-state index in [2.05, 4.69) is 30.6 Å². The minimum absolute atomic E-state index is 0.157. The predicted molar refractivity (Wildman–Crippen MR) is 123 cm³/mol. The van der Waals surface area contributed by atoms with Gasteiger partial charge in [0.25, 0.3) is 0 Å². The van der Waals surface area contributed by atoms with Crippen LogP contribution in [0.15, 0.2) is 42.9 Å². The molecule has 2 atom stereocenters. The Morgan fingerprint density at radius 1 is 1.24 bits per heavy atom. The molecule has 6 rings (SSSR count). The molecule has 33 heavy (non-hydrogen) atoms. The minimum atomic E-state index is -0.545. The summed E-state index contributed by atoms with van der Waals surface area (Å²) in [6.45, 7) is 1.87. The number of aromatic nitrogens is 5. The molecule has 0 aliphatic carbocycles. The van der Waals surface area contributed by atoms with E-state index in [1.165, 1.54) is 18.5 Å². The Hall–Kier alpha value is -3.50. The van der Waals surface area contributed by atoms with Gasteiger partial charge in [-0.1, -0.05) is 11.6 Å². The van der Waals surface area contributed by atoms with Gasteiger partial charge >= 0.3 is 0 Å². The van der Waals surface area contributed by atoms with Crippen molar-refractivity contribution >= 4 is 40.0 Å². The Morgan fingerprint density at radius 2 is 2.15 bits per heavy atom. The maximum Gasteiger partial charge on any atom is 0.238 e. The van der Waals surface area contributed by atoms with E-state index in [1.54, 1.807) is 24.0 Å². The molecule has 3 aromatic heterocycles. The fourth-order valence-electron chi connectivity index (χ4n) is 4.41. The smallest absolute Gasteiger partial charge is 0.238 e. The summed E-state index contributed by atoms with van der Waals surface area (Å²) in [4.78, 5) is 15.7. The standard InChI is InChI=1S/C22H20ClFN8O/c1-31-5-4-20(30-31)33-18-8-15(24)17(7-14(18)23)28-22-21-16(26-11-27-22)2-3-19(29-21)32-10-12-6-13(32)9-25-12/h2-5,7-8,11-13,25H,6,9-10H2,1H3,(H,26,27,28)/t12-,13-/m0/s1. The first kappa shape index (κ1) is 20.1. The highest BCUT2D eigenvalue weighted by Crippen LogP contribution is 2.35. The first-order chi connectivity index (χ1) is 16.0. The molecule has 0 saturated carbocycles. The van der Waals surface area contributed by atoms with Gasteiger partial charge in [0.05, 0.1) is 16.2 Å². The van der Waals surface area contributed by atoms with Gasteiger partial charge in [-0.2, -0.15) is 0 Å². The molecule has 11 heteroatoms. The summed E-state index contributed by atoms with van der Waals surface area (Å²) < 4.78 is 22.1. The zero-order chi connectivity index (χ0) is 22.5. The van der Waals surface area contributed by atoms with Crippen molar-refractivity contribution in [1.82, 2.24) is 30.0 Å². The van der Waals surface area contributed by atoms with E-state index < -0.39 is 5.82 Å². The Balaban J connectivity index is 1.31. The lowest BCUT2D eigenvalue weighted by molar-refractivity contribution is 0.450. The van der Waals surface area contributed by atoms with Crippen LogP contribution in [0.5, 0.6) is 11.6 Å². The molecule has 2 bridgehead atoms. The molecular weight excluding hydrogens is 447 g/mol. The van der Waals surface area contributed by atoms with Crippen molar-refractivity contribution in [2.75, 3.05) is 23.3 Å². The molecule has 2 fully saturated rings. The number of halogens is 2. The quantitative estimate of drug-likeness (QED) is 0.460. The van der Waals surface area contributed by atoms with Gasteiger partial charge in [0.1, 0.15) is 23.5 Å². The highest BCUT2D eigenvalue weighted by Gasteiger charge is 2.38. The fraction of sp³-hybridized carbons (Fsp3) is 0.273. The minimum Gasteiger partial charge on any atom is -0.436 e. The van der Waals surface area contributed by atoms with Crippen molar-refractivity contribution in [2.24, 2.45) is 7.05 Å². The SMILES string of the molecule is Cn1ccc(Oc2cc(F)c(Nc3ncnc4ccc(N5C[C@@H]6C[C@H]5CN6)nc34)cc2Cl)n1. The highest BCUT2D eigenvalue weighted by atomic mass is 35.5. The van der Waals surface area contributed by atoms with Crippen LogP contribution in [0.1, 0.15) is 6.42 Å². The van der Waals surface area contributed by atoms with Gasteiger partial charge < -0.3 is 20.3 Å². The number of hydrogen-bond donors (Lipinski definition) is 2. The number of rotatable bonds is 5. The van der Waals surface area contributed by atoms with Crippen LogP contribution in [-0.4, -0.2) is 49.9 Å². The van der Waals surface area contributed by atoms with Crippen molar-refractivity contribution in [2.45, 2.75) is 18.5 Å². The van der Waals surface area contributed by atoms with Crippen LogP contribution >= 0.6 is 11.6 Å². The van der Waals surface area contributed by atoms with E-state index in [1.807, 2.05) is 12.1 Å². The Morgan fingerprint density at radius 3 is 2.91 bits per heavy atom. The van der Waals surface area contributed by atoms with E-state index in [-0.39, 0.29) is 16.5 Å². The second-order valence-electron chi connectivity index (χ2n) is 8.22. The average molecular weight is 467 g/mol. The van der Waals surface area contributed by atoms with Crippen molar-refractivity contribution in [3.8, 4) is 11.6 Å². The molecule has 0 radical (unpaired) electrons. The van der Waals surface area contributed by atoms with Crippen LogP contribution in [0, 0.1) is 5.82 Å². The van der Waals surface area contributed by atoms with Crippen LogP contribution < -0.4 is 20.3 Å². The lowest BCUT2D eigenvalue weighted by Crippen LogP contribution is -2.44. The summed E-state index contributed by atoms with van der Waals surface area (Å²) in [5, 5.41) is 10.9. The van der Waals surface area contributed by atoms with Gasteiger partial charge in [0.2, 0.25) is 5.88 Å². The largest absolute Gasteiger partial charge is 0.436 e. The third kappa shape index (κ3) is 3.70. The van der Waals surface area contributed by atoms with E-state index in [0.29, 0.717) is 34.8 Å². The molecule has 168 valence electrons. The van der Waals surface area contributed by atoms with E-state index in [4.69, 9.17) is 21.3 Å². The number of fused-ring (bicyclic) bond motifs is 3. The number of nitrogens with zero attached hydrogens (tertiary/aromatic N) is 6. The fourth-order valence-corrected chi connectivity index (χ4v) is 4.62. The number of benzene rings is 1. The maximum absolute atomic E-state index is 14.9. The summed E-state index contributed by atoms with van der Waals surface area (Å²) in [6, 6.07) is 9.16. The molecular formula is C22H20ClFN8O. The molecule has 2 N–H and O–H groups in total. The molecule has 2 aliphatic rings. The van der Waals surface area contributed by atoms with E-state index in [9.17, 15) is 4.39 Å². The topological polar surface area (TPSA) is 93.0 Å². The third-order valence-electron chi connectivity index (χ3n) is 6.00. The summed E-state index contributed by atoms with van der Waals surface area (Å²) >= 11 is 6.36. The van der Waals surface area contributed by atoms with Crippen LogP contribution in [0.25, 0.3) is 11.0 Å². The number of pyridine rings is 1. The van der Waals surface area contributed by atoms with Crippen LogP contribution in [0.2, 0.25) is 5.02 Å². The van der Waals surface area contributed by atoms with Crippen molar-refractivity contribution in [3.05, 3.63) is 53.7 Å². The van der Waals surface area contributed by atoms with Crippen LogP contribution in [-0.2, 0) is 7.05 Å². The monoisotopic (exact) mass is 466 g/mol. The van der Waals surface area contributed by atoms with Crippen LogP contribution in [0.3, 0.4) is 0 Å². The molecule has 0 unspecified atom stereocenters. The molecule has 4 aromatic rings. The number of anilines is 3. The Kier molecular flexibility index (Phi) is 4.77. The molecule has 9 nitrogen and oxygen atoms in total. The molecule has 2 aliphatic heterocycles. The highest BCUT2D eigenvalue weighted by molar-refractivity contribution is 6.32. The summed E-state index contributed by atoms with van der Waals surface area (Å²) in [5.41, 5.74) is 1.39. The van der Waals surface area contributed by atoms with Gasteiger partial charge in [-0.25, -0.2) is 19.3 Å². The first-order valence-corrected chi connectivity index (χ1v) is 11.0. The third-order valence-corrected chi connectivity index (χ3v) is 6.29. The van der Waals surface area contributed by atoms with Gasteiger partial charge in [-0.3, -0.25) is 4.68 Å². The zero-order valence-electron chi connectivity index (χ0n) is 17.7. The van der Waals surface area contributed by atoms with E-state index in [0.717, 1.165) is 25.3 Å². The van der Waals surface area contributed by atoms with Gasteiger partial charge in [-0.05, 0) is 24.6 Å². The van der Waals surface area contributed by atoms with E-state index >= 15 is 0 Å². The lowest BCUT2D eigenvalue weighted by atomic mass is 10.2. The number of aryl methyl sites for hydroxylation is 1. The van der Waals surface area contributed by atoms with Crippen molar-refractivity contribution in [3.63, 3.8) is 0 Å². The second kappa shape index (κ2) is 7.82. The molecule has 5 heterocycles. The molecule has 1 aromatic carbocycles. The summed E-state index contributed by atoms with van der Waals surface area (Å²) in [6.07, 6.45) is 4.26. The number of piperazine rings is 1. The first-order valence-electron chi connectivity index (χ1n) is 10.6. The van der Waals surface area contributed by atoms with Gasteiger partial charge in [0, 0.05) is 50.6 Å². The summed E-state index contributed by atoms with van der Waals surface area (Å²) in [7, 11) is 1.76. The van der Waals surface area contributed by atoms with Crippen LogP contribution in [0.4, 0.5) is 21.7 Å². The zero-order valence-corrected chi connectivity index (χ0v) is 18.4. The van der Waals surface area contributed by atoms with Gasteiger partial charge in [0.15, 0.2) is 11.6 Å². The second-order valence-corrected chi connectivity index (χ2v) is 8.63. The lowest BCUT2D eigenvalue weighted by Gasteiger charge is -2.28. The molecule has 2 saturated heterocycles. The number of hydrogen-bond acceptors (Lipinski definition) is 8. The van der Waals surface area contributed by atoms with Crippen molar-refractivity contribution in [1.29, 1.82) is 0 Å². The average Bonchev–Trinajstić information content (AvgIpc) is 3.55. The molecule has 0 spiro atoms. The number of nitrogens with one attached hydrogen (secondary N) is 2. The normalized spacial score (nSPS) is 19.4. The Labute approximate surface area is 193 Å². The Bertz CT molecular complexity index is 1360. The summed E-state index contributed by atoms with van der Waals surface area (Å²) in [5.74, 6) is 1.22. The number of ether oxygens (including phenoxy) is 1. The molecule has 0 amide bonds. The predicted octanol–water partition coefficient (Wildman–Crippen LogP) is 3.64.